The predicted octanol–water partition coefficient (Wildman–Crippen LogP) is 3.28. The maximum absolute atomic E-state index is 13.3. The number of anilines is 1. The lowest BCUT2D eigenvalue weighted by molar-refractivity contribution is -0.115. The van der Waals surface area contributed by atoms with E-state index in [-0.39, 0.29) is 5.91 Å². The number of halogens is 1. The third-order valence-corrected chi connectivity index (χ3v) is 4.27. The predicted molar refractivity (Wildman–Crippen MR) is 97.7 cm³/mol. The fraction of sp³-hybridized carbons (Fsp3) is 0.263. The molecule has 0 unspecified atom stereocenters. The number of fused-ring (bicyclic) bond motifs is 1. The van der Waals surface area contributed by atoms with Crippen LogP contribution < -0.4 is 10.1 Å². The van der Waals surface area contributed by atoms with Crippen molar-refractivity contribution in [2.45, 2.75) is 26.3 Å². The van der Waals surface area contributed by atoms with E-state index in [0.29, 0.717) is 36.1 Å². The zero-order chi connectivity index (χ0) is 18.8. The van der Waals surface area contributed by atoms with Gasteiger partial charge in [-0.1, -0.05) is 6.92 Å². The van der Waals surface area contributed by atoms with Gasteiger partial charge in [0.05, 0.1) is 24.1 Å². The first-order chi connectivity index (χ1) is 13.2. The molecule has 1 aliphatic rings. The minimum atomic E-state index is -0.408. The summed E-state index contributed by atoms with van der Waals surface area (Å²) in [4.78, 5) is 20.1. The van der Waals surface area contributed by atoms with Crippen LogP contribution in [0.4, 0.5) is 10.2 Å². The summed E-state index contributed by atoms with van der Waals surface area (Å²) in [6, 6.07) is 6.54. The van der Waals surface area contributed by atoms with Crippen LogP contribution in [-0.4, -0.2) is 32.3 Å². The SMILES string of the molecule is CCC(=O)Nc1cc(-c2c(-c3ccc(F)cn3)nn3c2OCCC3)ccn1. The summed E-state index contributed by atoms with van der Waals surface area (Å²) in [6.45, 7) is 3.10. The third-order valence-electron chi connectivity index (χ3n) is 4.27. The zero-order valence-electron chi connectivity index (χ0n) is 14.8. The Morgan fingerprint density at radius 1 is 1.33 bits per heavy atom. The number of carbonyl (C=O) groups excluding carboxylic acids is 1. The lowest BCUT2D eigenvalue weighted by Gasteiger charge is -2.16. The fourth-order valence-corrected chi connectivity index (χ4v) is 2.97. The van der Waals surface area contributed by atoms with Gasteiger partial charge in [0.1, 0.15) is 17.3 Å². The van der Waals surface area contributed by atoms with Crippen molar-refractivity contribution in [1.82, 2.24) is 19.7 Å². The van der Waals surface area contributed by atoms with Crippen LogP contribution in [0.15, 0.2) is 36.7 Å². The normalized spacial score (nSPS) is 13.0. The van der Waals surface area contributed by atoms with Crippen LogP contribution in [-0.2, 0) is 11.3 Å². The van der Waals surface area contributed by atoms with E-state index in [1.807, 2.05) is 6.07 Å². The molecule has 1 aliphatic heterocycles. The van der Waals surface area contributed by atoms with Crippen LogP contribution >= 0.6 is 0 Å². The van der Waals surface area contributed by atoms with Crippen molar-refractivity contribution in [2.75, 3.05) is 11.9 Å². The van der Waals surface area contributed by atoms with Crippen molar-refractivity contribution in [3.8, 4) is 28.4 Å². The van der Waals surface area contributed by atoms with Crippen LogP contribution in [0, 0.1) is 5.82 Å². The average Bonchev–Trinajstić information content (AvgIpc) is 3.08. The Morgan fingerprint density at radius 2 is 2.22 bits per heavy atom. The Bertz CT molecular complexity index is 984. The summed E-state index contributed by atoms with van der Waals surface area (Å²) < 4.78 is 21.0. The van der Waals surface area contributed by atoms with Gasteiger partial charge in [-0.25, -0.2) is 14.1 Å². The molecule has 4 heterocycles. The average molecular weight is 367 g/mol. The number of aryl methyl sites for hydroxylation is 1. The number of nitrogens with one attached hydrogen (secondary N) is 1. The maximum Gasteiger partial charge on any atom is 0.225 e. The fourth-order valence-electron chi connectivity index (χ4n) is 2.97. The molecule has 27 heavy (non-hydrogen) atoms. The van der Waals surface area contributed by atoms with Gasteiger partial charge < -0.3 is 10.1 Å². The van der Waals surface area contributed by atoms with E-state index < -0.39 is 5.82 Å². The second kappa shape index (κ2) is 7.14. The molecule has 4 rings (SSSR count). The summed E-state index contributed by atoms with van der Waals surface area (Å²) in [5.74, 6) is 0.567. The van der Waals surface area contributed by atoms with Gasteiger partial charge in [0, 0.05) is 25.6 Å². The highest BCUT2D eigenvalue weighted by atomic mass is 19.1. The molecule has 0 spiro atoms. The molecule has 138 valence electrons. The van der Waals surface area contributed by atoms with Crippen molar-refractivity contribution in [3.05, 3.63) is 42.5 Å². The van der Waals surface area contributed by atoms with Gasteiger partial charge in [-0.05, 0) is 29.8 Å². The number of carbonyl (C=O) groups is 1. The first-order valence-electron chi connectivity index (χ1n) is 8.77. The number of rotatable bonds is 4. The molecule has 0 aliphatic carbocycles. The molecule has 3 aromatic heterocycles. The number of hydrogen-bond donors (Lipinski definition) is 1. The number of nitrogens with zero attached hydrogens (tertiary/aromatic N) is 4. The Balaban J connectivity index is 1.84. The standard InChI is InChI=1S/C19H18FN5O2/c1-2-16(26)23-15-10-12(6-7-21-15)17-18(14-5-4-13(20)11-22-14)24-25-8-3-9-27-19(17)25/h4-7,10-11H,2-3,8-9H2,1H3,(H,21,23,26). The van der Waals surface area contributed by atoms with Gasteiger partial charge >= 0.3 is 0 Å². The largest absolute Gasteiger partial charge is 0.477 e. The molecule has 7 nitrogen and oxygen atoms in total. The monoisotopic (exact) mass is 367 g/mol. The van der Waals surface area contributed by atoms with E-state index in [1.54, 1.807) is 29.9 Å². The second-order valence-corrected chi connectivity index (χ2v) is 6.15. The Hall–Kier alpha value is -3.29. The molecule has 0 bridgehead atoms. The Kier molecular flexibility index (Phi) is 4.53. The van der Waals surface area contributed by atoms with Gasteiger partial charge in [-0.15, -0.1) is 0 Å². The van der Waals surface area contributed by atoms with Gasteiger partial charge in [-0.3, -0.25) is 9.78 Å². The van der Waals surface area contributed by atoms with Gasteiger partial charge in [0.15, 0.2) is 0 Å². The molecular formula is C19H18FN5O2. The zero-order valence-corrected chi connectivity index (χ0v) is 14.8. The Morgan fingerprint density at radius 3 is 3.00 bits per heavy atom. The molecule has 0 saturated carbocycles. The number of aromatic nitrogens is 4. The minimum absolute atomic E-state index is 0.117. The highest BCUT2D eigenvalue weighted by Crippen LogP contribution is 2.40. The van der Waals surface area contributed by atoms with E-state index in [0.717, 1.165) is 30.3 Å². The van der Waals surface area contributed by atoms with Crippen LogP contribution in [0.5, 0.6) is 5.88 Å². The highest BCUT2D eigenvalue weighted by Gasteiger charge is 2.25. The molecule has 0 saturated heterocycles. The van der Waals surface area contributed by atoms with E-state index in [9.17, 15) is 9.18 Å². The van der Waals surface area contributed by atoms with Gasteiger partial charge in [0.2, 0.25) is 11.8 Å². The first kappa shape index (κ1) is 17.1. The van der Waals surface area contributed by atoms with Crippen molar-refractivity contribution in [2.24, 2.45) is 0 Å². The molecule has 0 fully saturated rings. The molecule has 1 N–H and O–H groups in total. The molecule has 0 radical (unpaired) electrons. The lowest BCUT2D eigenvalue weighted by atomic mass is 10.0. The van der Waals surface area contributed by atoms with Crippen molar-refractivity contribution < 1.29 is 13.9 Å². The molecule has 0 aromatic carbocycles. The van der Waals surface area contributed by atoms with E-state index in [4.69, 9.17) is 4.74 Å². The second-order valence-electron chi connectivity index (χ2n) is 6.15. The summed E-state index contributed by atoms with van der Waals surface area (Å²) in [5.41, 5.74) is 2.70. The van der Waals surface area contributed by atoms with Crippen LogP contribution in [0.25, 0.3) is 22.5 Å². The summed E-state index contributed by atoms with van der Waals surface area (Å²) in [5, 5.41) is 7.39. The van der Waals surface area contributed by atoms with Crippen molar-refractivity contribution in [1.29, 1.82) is 0 Å². The first-order valence-corrected chi connectivity index (χ1v) is 8.77. The van der Waals surface area contributed by atoms with E-state index in [2.05, 4.69) is 20.4 Å². The van der Waals surface area contributed by atoms with Crippen LogP contribution in [0.2, 0.25) is 0 Å². The highest BCUT2D eigenvalue weighted by molar-refractivity contribution is 5.91. The topological polar surface area (TPSA) is 81.9 Å². The lowest BCUT2D eigenvalue weighted by Crippen LogP contribution is -2.15. The summed E-state index contributed by atoms with van der Waals surface area (Å²) in [7, 11) is 0. The van der Waals surface area contributed by atoms with Crippen LogP contribution in [0.3, 0.4) is 0 Å². The maximum atomic E-state index is 13.3. The Labute approximate surface area is 155 Å². The number of amides is 1. The van der Waals surface area contributed by atoms with Crippen LogP contribution in [0.1, 0.15) is 19.8 Å². The van der Waals surface area contributed by atoms with Gasteiger partial charge in [-0.2, -0.15) is 5.10 Å². The minimum Gasteiger partial charge on any atom is -0.477 e. The van der Waals surface area contributed by atoms with E-state index >= 15 is 0 Å². The van der Waals surface area contributed by atoms with Gasteiger partial charge in [0.25, 0.3) is 0 Å². The smallest absolute Gasteiger partial charge is 0.225 e. The number of pyridine rings is 2. The third kappa shape index (κ3) is 3.38. The van der Waals surface area contributed by atoms with Crippen molar-refractivity contribution >= 4 is 11.7 Å². The number of hydrogen-bond acceptors (Lipinski definition) is 5. The molecule has 1 amide bonds. The van der Waals surface area contributed by atoms with E-state index in [1.165, 1.54) is 6.07 Å². The summed E-state index contributed by atoms with van der Waals surface area (Å²) in [6.07, 6.45) is 4.01. The van der Waals surface area contributed by atoms with Crippen molar-refractivity contribution in [3.63, 3.8) is 0 Å². The molecule has 8 heteroatoms. The molecule has 0 atom stereocenters. The molecular weight excluding hydrogens is 349 g/mol. The summed E-state index contributed by atoms with van der Waals surface area (Å²) >= 11 is 0. The quantitative estimate of drug-likeness (QED) is 0.765. The molecule has 3 aromatic rings. The number of ether oxygens (including phenoxy) is 1.